The number of nitrogens with one attached hydrogen (secondary N) is 3. The van der Waals surface area contributed by atoms with Crippen molar-refractivity contribution in [2.45, 2.75) is 58.4 Å². The summed E-state index contributed by atoms with van der Waals surface area (Å²) in [5.74, 6) is -0.754. The van der Waals surface area contributed by atoms with Gasteiger partial charge in [0, 0.05) is 18.3 Å². The summed E-state index contributed by atoms with van der Waals surface area (Å²) in [6, 6.07) is 5.27. The summed E-state index contributed by atoms with van der Waals surface area (Å²) in [6.07, 6.45) is 6.94. The predicted octanol–water partition coefficient (Wildman–Crippen LogP) is 5.29. The van der Waals surface area contributed by atoms with Gasteiger partial charge in [0.2, 0.25) is 5.95 Å². The van der Waals surface area contributed by atoms with Crippen molar-refractivity contribution in [1.82, 2.24) is 9.97 Å². The Balaban J connectivity index is 1.85. The SMILES string of the molecule is CC(CCCCCCCc1c(C=N)nc(NCc2ccc(Cl)c(Cl)c2)[nH]c1=O)C(=O)O. The van der Waals surface area contributed by atoms with Crippen molar-refractivity contribution >= 4 is 41.3 Å². The number of hydrogen-bond donors (Lipinski definition) is 4. The van der Waals surface area contributed by atoms with Gasteiger partial charge in [-0.25, -0.2) is 4.98 Å². The molecule has 1 aromatic carbocycles. The van der Waals surface area contributed by atoms with E-state index in [0.29, 0.717) is 46.6 Å². The standard InChI is InChI=1S/C22H28Cl2N4O3/c1-14(21(30)31)7-5-3-2-4-6-8-16-19(12-25)27-22(28-20(16)29)26-13-15-9-10-17(23)18(24)11-15/h9-12,14,25H,2-8,13H2,1H3,(H,30,31)(H2,26,27,28,29). The number of rotatable bonds is 13. The van der Waals surface area contributed by atoms with Gasteiger partial charge in [-0.2, -0.15) is 0 Å². The fourth-order valence-corrected chi connectivity index (χ4v) is 3.52. The largest absolute Gasteiger partial charge is 0.481 e. The third-order valence-corrected chi connectivity index (χ3v) is 5.85. The topological polar surface area (TPSA) is 119 Å². The number of halogens is 2. The average Bonchev–Trinajstić information content (AvgIpc) is 2.74. The Morgan fingerprint density at radius 1 is 1.23 bits per heavy atom. The van der Waals surface area contributed by atoms with Crippen molar-refractivity contribution in [2.24, 2.45) is 5.92 Å². The van der Waals surface area contributed by atoms with Crippen LogP contribution in [0.25, 0.3) is 0 Å². The summed E-state index contributed by atoms with van der Waals surface area (Å²) in [4.78, 5) is 30.4. The zero-order valence-electron chi connectivity index (χ0n) is 17.5. The maximum absolute atomic E-state index is 12.5. The van der Waals surface area contributed by atoms with E-state index in [9.17, 15) is 9.59 Å². The highest BCUT2D eigenvalue weighted by atomic mass is 35.5. The lowest BCUT2D eigenvalue weighted by atomic mass is 10.0. The molecule has 7 nitrogen and oxygen atoms in total. The summed E-state index contributed by atoms with van der Waals surface area (Å²) in [6.45, 7) is 2.13. The van der Waals surface area contributed by atoms with Crippen LogP contribution in [0, 0.1) is 11.3 Å². The van der Waals surface area contributed by atoms with Gasteiger partial charge in [-0.05, 0) is 37.0 Å². The lowest BCUT2D eigenvalue weighted by molar-refractivity contribution is -0.141. The number of nitrogens with zero attached hydrogens (tertiary/aromatic N) is 1. The monoisotopic (exact) mass is 466 g/mol. The van der Waals surface area contributed by atoms with E-state index in [0.717, 1.165) is 43.9 Å². The van der Waals surface area contributed by atoms with Crippen molar-refractivity contribution in [2.75, 3.05) is 5.32 Å². The zero-order chi connectivity index (χ0) is 22.8. The second-order valence-corrected chi connectivity index (χ2v) is 8.38. The number of anilines is 1. The van der Waals surface area contributed by atoms with E-state index in [1.165, 1.54) is 0 Å². The first-order valence-corrected chi connectivity index (χ1v) is 11.1. The Kier molecular flexibility index (Phi) is 10.0. The van der Waals surface area contributed by atoms with Gasteiger partial charge in [-0.1, -0.05) is 61.9 Å². The fourth-order valence-electron chi connectivity index (χ4n) is 3.20. The molecule has 31 heavy (non-hydrogen) atoms. The molecule has 1 aromatic heterocycles. The van der Waals surface area contributed by atoms with Crippen LogP contribution in [0.2, 0.25) is 10.0 Å². The summed E-state index contributed by atoms with van der Waals surface area (Å²) in [7, 11) is 0. The Labute approximate surface area is 191 Å². The van der Waals surface area contributed by atoms with Gasteiger partial charge in [0.25, 0.3) is 5.56 Å². The van der Waals surface area contributed by atoms with Crippen LogP contribution in [-0.2, 0) is 17.8 Å². The molecule has 0 aliphatic heterocycles. The molecule has 0 fully saturated rings. The third kappa shape index (κ3) is 7.99. The molecule has 0 aliphatic carbocycles. The smallest absolute Gasteiger partial charge is 0.306 e. The molecule has 0 saturated carbocycles. The zero-order valence-corrected chi connectivity index (χ0v) is 19.0. The van der Waals surface area contributed by atoms with Crippen LogP contribution in [0.3, 0.4) is 0 Å². The van der Waals surface area contributed by atoms with Crippen LogP contribution in [0.4, 0.5) is 5.95 Å². The molecule has 0 radical (unpaired) electrons. The predicted molar refractivity (Wildman–Crippen MR) is 125 cm³/mol. The number of benzene rings is 1. The molecule has 1 unspecified atom stereocenters. The molecule has 2 rings (SSSR count). The molecule has 1 heterocycles. The van der Waals surface area contributed by atoms with Gasteiger partial charge >= 0.3 is 5.97 Å². The minimum atomic E-state index is -0.749. The lowest BCUT2D eigenvalue weighted by Gasteiger charge is -2.10. The molecule has 1 atom stereocenters. The van der Waals surface area contributed by atoms with Gasteiger partial charge in [0.1, 0.15) is 0 Å². The Hall–Kier alpha value is -2.38. The highest BCUT2D eigenvalue weighted by molar-refractivity contribution is 6.42. The van der Waals surface area contributed by atoms with Crippen LogP contribution < -0.4 is 10.9 Å². The second-order valence-electron chi connectivity index (χ2n) is 7.57. The number of carboxylic acid groups (broad SMARTS) is 1. The van der Waals surface area contributed by atoms with Crippen molar-refractivity contribution < 1.29 is 9.90 Å². The molecular weight excluding hydrogens is 439 g/mol. The minimum absolute atomic E-state index is 0.250. The fraction of sp³-hybridized carbons (Fsp3) is 0.455. The van der Waals surface area contributed by atoms with Gasteiger partial charge in [0.05, 0.1) is 21.7 Å². The van der Waals surface area contributed by atoms with Gasteiger partial charge < -0.3 is 15.8 Å². The molecule has 0 spiro atoms. The molecule has 9 heteroatoms. The Morgan fingerprint density at radius 3 is 2.61 bits per heavy atom. The summed E-state index contributed by atoms with van der Waals surface area (Å²) in [5, 5.41) is 20.5. The molecular formula is C22H28Cl2N4O3. The van der Waals surface area contributed by atoms with Crippen LogP contribution in [0.5, 0.6) is 0 Å². The van der Waals surface area contributed by atoms with E-state index < -0.39 is 5.97 Å². The van der Waals surface area contributed by atoms with Crippen molar-refractivity contribution in [3.8, 4) is 0 Å². The first-order chi connectivity index (χ1) is 14.8. The van der Waals surface area contributed by atoms with Gasteiger partial charge in [0.15, 0.2) is 0 Å². The number of aromatic amines is 1. The van der Waals surface area contributed by atoms with E-state index in [2.05, 4.69) is 15.3 Å². The first kappa shape index (κ1) is 24.9. The number of hydrogen-bond acceptors (Lipinski definition) is 5. The molecule has 0 amide bonds. The Morgan fingerprint density at radius 2 is 1.94 bits per heavy atom. The normalized spacial score (nSPS) is 11.8. The van der Waals surface area contributed by atoms with Crippen molar-refractivity contribution in [3.05, 3.63) is 55.4 Å². The molecule has 2 aromatic rings. The molecule has 0 aliphatic rings. The van der Waals surface area contributed by atoms with Crippen LogP contribution in [0.15, 0.2) is 23.0 Å². The van der Waals surface area contributed by atoms with E-state index in [4.69, 9.17) is 33.7 Å². The number of H-pyrrole nitrogens is 1. The lowest BCUT2D eigenvalue weighted by Crippen LogP contribution is -2.20. The van der Waals surface area contributed by atoms with Crippen LogP contribution >= 0.6 is 23.2 Å². The van der Waals surface area contributed by atoms with E-state index in [-0.39, 0.29) is 11.5 Å². The van der Waals surface area contributed by atoms with E-state index in [1.807, 2.05) is 6.07 Å². The number of carbonyl (C=O) groups is 1. The minimum Gasteiger partial charge on any atom is -0.481 e. The molecule has 4 N–H and O–H groups in total. The van der Waals surface area contributed by atoms with Crippen molar-refractivity contribution in [1.29, 1.82) is 5.41 Å². The van der Waals surface area contributed by atoms with Gasteiger partial charge in [-0.3, -0.25) is 14.6 Å². The number of aliphatic carboxylic acids is 1. The maximum atomic E-state index is 12.5. The highest BCUT2D eigenvalue weighted by Crippen LogP contribution is 2.23. The van der Waals surface area contributed by atoms with Gasteiger partial charge in [-0.15, -0.1) is 0 Å². The number of unbranched alkanes of at least 4 members (excludes halogenated alkanes) is 4. The average molecular weight is 467 g/mol. The third-order valence-electron chi connectivity index (χ3n) is 5.11. The molecule has 168 valence electrons. The number of aromatic nitrogens is 2. The number of carboxylic acids is 1. The van der Waals surface area contributed by atoms with E-state index in [1.54, 1.807) is 19.1 Å². The van der Waals surface area contributed by atoms with Crippen molar-refractivity contribution in [3.63, 3.8) is 0 Å². The molecule has 0 bridgehead atoms. The maximum Gasteiger partial charge on any atom is 0.306 e. The van der Waals surface area contributed by atoms with Crippen LogP contribution in [0.1, 0.15) is 62.3 Å². The Bertz CT molecular complexity index is 962. The van der Waals surface area contributed by atoms with Crippen LogP contribution in [-0.4, -0.2) is 27.3 Å². The molecule has 0 saturated heterocycles. The summed E-state index contributed by atoms with van der Waals surface area (Å²) >= 11 is 11.9. The second kappa shape index (κ2) is 12.5. The summed E-state index contributed by atoms with van der Waals surface area (Å²) in [5.41, 5.74) is 1.50. The quantitative estimate of drug-likeness (QED) is 0.236. The van der Waals surface area contributed by atoms with E-state index >= 15 is 0 Å². The summed E-state index contributed by atoms with van der Waals surface area (Å²) < 4.78 is 0. The first-order valence-electron chi connectivity index (χ1n) is 10.4. The highest BCUT2D eigenvalue weighted by Gasteiger charge is 2.11.